The van der Waals surface area contributed by atoms with Crippen LogP contribution in [0.1, 0.15) is 5.56 Å². The first-order valence-corrected chi connectivity index (χ1v) is 6.80. The molecule has 1 heterocycles. The number of carbonyl (C=O) groups excluding carboxylic acids is 1. The van der Waals surface area contributed by atoms with Gasteiger partial charge in [-0.05, 0) is 24.6 Å². The molecule has 0 bridgehead atoms. The quantitative estimate of drug-likeness (QED) is 0.662. The molecule has 0 radical (unpaired) electrons. The second-order valence-electron chi connectivity index (χ2n) is 4.28. The lowest BCUT2D eigenvalue weighted by molar-refractivity contribution is -0.113. The molecular formula is C13H16N4OS. The van der Waals surface area contributed by atoms with Gasteiger partial charge in [0, 0.05) is 18.1 Å². The van der Waals surface area contributed by atoms with Crippen molar-refractivity contribution in [2.45, 2.75) is 11.8 Å². The highest BCUT2D eigenvalue weighted by Crippen LogP contribution is 2.21. The lowest BCUT2D eigenvalue weighted by Crippen LogP contribution is -2.15. The molecule has 0 aliphatic heterocycles. The van der Waals surface area contributed by atoms with Crippen LogP contribution < -0.4 is 11.1 Å². The molecule has 1 aromatic heterocycles. The molecule has 0 saturated carbocycles. The molecule has 0 aliphatic rings. The van der Waals surface area contributed by atoms with Gasteiger partial charge in [-0.15, -0.1) is 11.8 Å². The molecule has 0 atom stereocenters. The molecule has 2 rings (SSSR count). The van der Waals surface area contributed by atoms with E-state index in [1.807, 2.05) is 38.4 Å². The number of aromatic nitrogens is 2. The summed E-state index contributed by atoms with van der Waals surface area (Å²) in [5, 5.41) is 6.85. The highest BCUT2D eigenvalue weighted by molar-refractivity contribution is 8.00. The predicted octanol–water partition coefficient (Wildman–Crippen LogP) is 2.04. The molecule has 1 amide bonds. The highest BCUT2D eigenvalue weighted by atomic mass is 32.2. The van der Waals surface area contributed by atoms with Crippen LogP contribution >= 0.6 is 11.8 Å². The van der Waals surface area contributed by atoms with Crippen molar-refractivity contribution in [1.82, 2.24) is 9.78 Å². The van der Waals surface area contributed by atoms with Gasteiger partial charge in [0.2, 0.25) is 5.91 Å². The maximum atomic E-state index is 11.8. The van der Waals surface area contributed by atoms with Gasteiger partial charge in [0.25, 0.3) is 0 Å². The number of nitrogens with two attached hydrogens (primary N) is 1. The smallest absolute Gasteiger partial charge is 0.234 e. The van der Waals surface area contributed by atoms with Crippen molar-refractivity contribution < 1.29 is 4.79 Å². The van der Waals surface area contributed by atoms with E-state index >= 15 is 0 Å². The summed E-state index contributed by atoms with van der Waals surface area (Å²) < 4.78 is 1.71. The molecule has 3 N–H and O–H groups in total. The molecule has 0 unspecified atom stereocenters. The fraction of sp³-hybridized carbons (Fsp3) is 0.231. The Morgan fingerprint density at radius 1 is 1.53 bits per heavy atom. The maximum absolute atomic E-state index is 11.8. The van der Waals surface area contributed by atoms with Gasteiger partial charge in [-0.2, -0.15) is 5.10 Å². The minimum Gasteiger partial charge on any atom is -0.397 e. The Hall–Kier alpha value is -1.95. The summed E-state index contributed by atoms with van der Waals surface area (Å²) in [6.45, 7) is 1.96. The lowest BCUT2D eigenvalue weighted by Gasteiger charge is -2.08. The van der Waals surface area contributed by atoms with Crippen LogP contribution in [0.25, 0.3) is 0 Å². The number of nitrogens with one attached hydrogen (secondary N) is 1. The summed E-state index contributed by atoms with van der Waals surface area (Å²) in [4.78, 5) is 12.8. The van der Waals surface area contributed by atoms with E-state index in [-0.39, 0.29) is 5.91 Å². The monoisotopic (exact) mass is 276 g/mol. The summed E-state index contributed by atoms with van der Waals surface area (Å²) in [7, 11) is 1.84. The van der Waals surface area contributed by atoms with E-state index < -0.39 is 0 Å². The molecular weight excluding hydrogens is 260 g/mol. The minimum atomic E-state index is -0.0793. The summed E-state index contributed by atoms with van der Waals surface area (Å²) in [6.07, 6.45) is 3.61. The number of thioether (sulfide) groups is 1. The molecule has 2 aromatic rings. The molecule has 0 spiro atoms. The third-order valence-electron chi connectivity index (χ3n) is 2.53. The summed E-state index contributed by atoms with van der Waals surface area (Å²) in [5.74, 6) is 0.253. The zero-order chi connectivity index (χ0) is 13.8. The van der Waals surface area contributed by atoms with E-state index in [2.05, 4.69) is 10.4 Å². The Bertz CT molecular complexity index is 594. The number of nitrogens with zero attached hydrogens (tertiary/aromatic N) is 2. The zero-order valence-electron chi connectivity index (χ0n) is 10.9. The Balaban J connectivity index is 1.90. The van der Waals surface area contributed by atoms with Gasteiger partial charge in [0.1, 0.15) is 0 Å². The number of hydrogen-bond donors (Lipinski definition) is 2. The molecule has 0 fully saturated rings. The largest absolute Gasteiger partial charge is 0.397 e. The standard InChI is InChI=1S/C13H16N4OS/c1-9-3-4-12(11(14)5-9)16-13(18)8-19-10-6-15-17(2)7-10/h3-7H,8,14H2,1-2H3,(H,16,18). The lowest BCUT2D eigenvalue weighted by atomic mass is 10.2. The van der Waals surface area contributed by atoms with Crippen LogP contribution in [0.5, 0.6) is 0 Å². The van der Waals surface area contributed by atoms with E-state index in [1.54, 1.807) is 10.9 Å². The third kappa shape index (κ3) is 3.75. The second kappa shape index (κ2) is 5.79. The van der Waals surface area contributed by atoms with Gasteiger partial charge in [0.15, 0.2) is 0 Å². The molecule has 0 saturated heterocycles. The summed E-state index contributed by atoms with van der Waals surface area (Å²) in [6, 6.07) is 5.57. The molecule has 19 heavy (non-hydrogen) atoms. The van der Waals surface area contributed by atoms with Crippen molar-refractivity contribution in [2.75, 3.05) is 16.8 Å². The molecule has 6 heteroatoms. The van der Waals surface area contributed by atoms with Gasteiger partial charge in [-0.1, -0.05) is 6.07 Å². The average molecular weight is 276 g/mol. The Morgan fingerprint density at radius 3 is 2.95 bits per heavy atom. The van der Waals surface area contributed by atoms with Gasteiger partial charge in [0.05, 0.1) is 23.3 Å². The number of anilines is 2. The van der Waals surface area contributed by atoms with Crippen LogP contribution in [0.15, 0.2) is 35.5 Å². The molecule has 5 nitrogen and oxygen atoms in total. The Labute approximate surface area is 116 Å². The van der Waals surface area contributed by atoms with Crippen molar-refractivity contribution in [1.29, 1.82) is 0 Å². The van der Waals surface area contributed by atoms with Crippen molar-refractivity contribution in [2.24, 2.45) is 7.05 Å². The zero-order valence-corrected chi connectivity index (χ0v) is 11.7. The van der Waals surface area contributed by atoms with Crippen LogP contribution in [0.2, 0.25) is 0 Å². The van der Waals surface area contributed by atoms with E-state index in [0.717, 1.165) is 10.5 Å². The van der Waals surface area contributed by atoms with Crippen LogP contribution in [-0.4, -0.2) is 21.4 Å². The fourth-order valence-corrected chi connectivity index (χ4v) is 2.32. The maximum Gasteiger partial charge on any atom is 0.234 e. The predicted molar refractivity (Wildman–Crippen MR) is 78.2 cm³/mol. The average Bonchev–Trinajstić information content (AvgIpc) is 2.76. The SMILES string of the molecule is Cc1ccc(NC(=O)CSc2cnn(C)c2)c(N)c1. The first kappa shape index (κ1) is 13.5. The summed E-state index contributed by atoms with van der Waals surface area (Å²) >= 11 is 1.44. The first-order chi connectivity index (χ1) is 9.04. The number of carbonyl (C=O) groups is 1. The highest BCUT2D eigenvalue weighted by Gasteiger charge is 2.07. The first-order valence-electron chi connectivity index (χ1n) is 5.82. The van der Waals surface area contributed by atoms with Crippen molar-refractivity contribution in [3.05, 3.63) is 36.2 Å². The molecule has 1 aromatic carbocycles. The number of amides is 1. The number of hydrogen-bond acceptors (Lipinski definition) is 4. The topological polar surface area (TPSA) is 72.9 Å². The Kier molecular flexibility index (Phi) is 4.11. The van der Waals surface area contributed by atoms with Crippen LogP contribution in [-0.2, 0) is 11.8 Å². The van der Waals surface area contributed by atoms with Crippen LogP contribution in [0.4, 0.5) is 11.4 Å². The van der Waals surface area contributed by atoms with E-state index in [0.29, 0.717) is 17.1 Å². The second-order valence-corrected chi connectivity index (χ2v) is 5.33. The molecule has 0 aliphatic carbocycles. The van der Waals surface area contributed by atoms with Crippen molar-refractivity contribution in [3.8, 4) is 0 Å². The summed E-state index contributed by atoms with van der Waals surface area (Å²) in [5.41, 5.74) is 8.15. The number of nitrogen functional groups attached to an aromatic ring is 1. The molecule has 100 valence electrons. The van der Waals surface area contributed by atoms with Gasteiger partial charge in [-0.25, -0.2) is 0 Å². The normalized spacial score (nSPS) is 10.4. The van der Waals surface area contributed by atoms with Gasteiger partial charge < -0.3 is 11.1 Å². The van der Waals surface area contributed by atoms with E-state index in [4.69, 9.17) is 5.73 Å². The van der Waals surface area contributed by atoms with Gasteiger partial charge >= 0.3 is 0 Å². The van der Waals surface area contributed by atoms with E-state index in [9.17, 15) is 4.79 Å². The number of aryl methyl sites for hydroxylation is 2. The van der Waals surface area contributed by atoms with Crippen LogP contribution in [0.3, 0.4) is 0 Å². The van der Waals surface area contributed by atoms with Crippen LogP contribution in [0, 0.1) is 6.92 Å². The fourth-order valence-electron chi connectivity index (χ4n) is 1.60. The van der Waals surface area contributed by atoms with Gasteiger partial charge in [-0.3, -0.25) is 9.48 Å². The Morgan fingerprint density at radius 2 is 2.32 bits per heavy atom. The van der Waals surface area contributed by atoms with Crippen molar-refractivity contribution in [3.63, 3.8) is 0 Å². The minimum absolute atomic E-state index is 0.0793. The van der Waals surface area contributed by atoms with Crippen molar-refractivity contribution >= 4 is 29.0 Å². The number of rotatable bonds is 4. The number of benzene rings is 1. The van der Waals surface area contributed by atoms with E-state index in [1.165, 1.54) is 11.8 Å². The third-order valence-corrected chi connectivity index (χ3v) is 3.48.